The van der Waals surface area contributed by atoms with E-state index < -0.39 is 23.7 Å². The number of carbonyl (C=O) groups excluding carboxylic acids is 3. The van der Waals surface area contributed by atoms with E-state index in [1.807, 2.05) is 25.1 Å². The van der Waals surface area contributed by atoms with E-state index in [-0.39, 0.29) is 23.5 Å². The number of esters is 1. The summed E-state index contributed by atoms with van der Waals surface area (Å²) in [7, 11) is 2.93. The molecule has 0 radical (unpaired) electrons. The number of ether oxygens (including phenoxy) is 3. The fourth-order valence-corrected chi connectivity index (χ4v) is 4.40. The van der Waals surface area contributed by atoms with Gasteiger partial charge in [-0.15, -0.1) is 0 Å². The molecule has 8 heteroatoms. The summed E-state index contributed by atoms with van der Waals surface area (Å²) in [5.41, 5.74) is 2.33. The molecule has 1 unspecified atom stereocenters. The third-order valence-corrected chi connectivity index (χ3v) is 6.25. The van der Waals surface area contributed by atoms with Crippen molar-refractivity contribution in [3.63, 3.8) is 0 Å². The lowest BCUT2D eigenvalue weighted by atomic mass is 9.92. The zero-order chi connectivity index (χ0) is 26.7. The minimum absolute atomic E-state index is 0.0830. The van der Waals surface area contributed by atoms with Crippen LogP contribution in [0.5, 0.6) is 11.5 Å². The van der Waals surface area contributed by atoms with E-state index in [2.05, 4.69) is 0 Å². The lowest BCUT2D eigenvalue weighted by molar-refractivity contribution is -0.132. The Morgan fingerprint density at radius 1 is 0.973 bits per heavy atom. The van der Waals surface area contributed by atoms with Crippen molar-refractivity contribution in [1.82, 2.24) is 0 Å². The Labute approximate surface area is 214 Å². The van der Waals surface area contributed by atoms with E-state index in [0.717, 1.165) is 5.56 Å². The summed E-state index contributed by atoms with van der Waals surface area (Å²) < 4.78 is 15.8. The molecule has 0 aromatic heterocycles. The van der Waals surface area contributed by atoms with Gasteiger partial charge in [0.05, 0.1) is 43.6 Å². The number of hydrogen-bond donors (Lipinski definition) is 1. The van der Waals surface area contributed by atoms with Crippen molar-refractivity contribution in [3.8, 4) is 11.5 Å². The van der Waals surface area contributed by atoms with Gasteiger partial charge < -0.3 is 19.3 Å². The van der Waals surface area contributed by atoms with Crippen LogP contribution in [0.25, 0.3) is 5.76 Å². The van der Waals surface area contributed by atoms with Gasteiger partial charge in [-0.2, -0.15) is 0 Å². The normalized spacial score (nSPS) is 16.5. The number of aliphatic hydroxyl groups excluding tert-OH is 1. The molecule has 1 aliphatic heterocycles. The van der Waals surface area contributed by atoms with Crippen LogP contribution in [-0.4, -0.2) is 43.6 Å². The molecule has 1 saturated heterocycles. The summed E-state index contributed by atoms with van der Waals surface area (Å²) in [6.45, 7) is 3.81. The highest BCUT2D eigenvalue weighted by atomic mass is 16.5. The first-order valence-electron chi connectivity index (χ1n) is 11.7. The maximum absolute atomic E-state index is 13.5. The zero-order valence-electron chi connectivity index (χ0n) is 21.0. The average molecular weight is 502 g/mol. The number of aryl methyl sites for hydroxylation is 1. The number of aliphatic hydroxyl groups is 1. The lowest BCUT2D eigenvalue weighted by Crippen LogP contribution is -2.29. The Bertz CT molecular complexity index is 1390. The van der Waals surface area contributed by atoms with Crippen LogP contribution in [0.15, 0.2) is 72.3 Å². The standard InChI is InChI=1S/C29H27NO7/c1-5-37-29(34)18-10-12-19(13-11-18)30-25(21-9-7-6-8-17(21)2)24(27(32)28(30)33)26(31)22-16-20(35-3)14-15-23(22)36-4/h6-16,25,31H,5H2,1-4H3/b26-24+. The number of nitrogens with zero attached hydrogens (tertiary/aromatic N) is 1. The number of Topliss-reactive ketones (excluding diaryl/α,β-unsaturated/α-hetero) is 1. The number of rotatable bonds is 7. The maximum Gasteiger partial charge on any atom is 0.338 e. The van der Waals surface area contributed by atoms with Gasteiger partial charge in [-0.25, -0.2) is 4.79 Å². The van der Waals surface area contributed by atoms with Crippen molar-refractivity contribution in [1.29, 1.82) is 0 Å². The van der Waals surface area contributed by atoms with Gasteiger partial charge >= 0.3 is 5.97 Å². The third-order valence-electron chi connectivity index (χ3n) is 6.25. The number of anilines is 1. The molecular formula is C29H27NO7. The molecule has 190 valence electrons. The Kier molecular flexibility index (Phi) is 7.29. The van der Waals surface area contributed by atoms with Gasteiger partial charge in [-0.05, 0) is 67.4 Å². The van der Waals surface area contributed by atoms with Gasteiger partial charge in [-0.1, -0.05) is 24.3 Å². The minimum atomic E-state index is -0.925. The Morgan fingerprint density at radius 3 is 2.30 bits per heavy atom. The van der Waals surface area contributed by atoms with Crippen molar-refractivity contribution < 1.29 is 33.7 Å². The Hall–Kier alpha value is -4.59. The molecule has 0 aliphatic carbocycles. The fourth-order valence-electron chi connectivity index (χ4n) is 4.40. The van der Waals surface area contributed by atoms with E-state index in [9.17, 15) is 19.5 Å². The summed E-state index contributed by atoms with van der Waals surface area (Å²) in [5, 5.41) is 11.5. The second-order valence-corrected chi connectivity index (χ2v) is 8.36. The highest BCUT2D eigenvalue weighted by Crippen LogP contribution is 2.44. The van der Waals surface area contributed by atoms with Gasteiger partial charge in [0.1, 0.15) is 17.3 Å². The summed E-state index contributed by atoms with van der Waals surface area (Å²) in [6, 6.07) is 17.5. The molecule has 0 saturated carbocycles. The highest BCUT2D eigenvalue weighted by molar-refractivity contribution is 6.51. The molecule has 1 atom stereocenters. The molecule has 8 nitrogen and oxygen atoms in total. The second kappa shape index (κ2) is 10.6. The predicted octanol–water partition coefficient (Wildman–Crippen LogP) is 4.82. The summed E-state index contributed by atoms with van der Waals surface area (Å²) >= 11 is 0. The first kappa shape index (κ1) is 25.5. The van der Waals surface area contributed by atoms with Crippen molar-refractivity contribution in [3.05, 3.63) is 94.6 Å². The van der Waals surface area contributed by atoms with Crippen LogP contribution in [0.3, 0.4) is 0 Å². The number of carbonyl (C=O) groups is 3. The molecule has 3 aromatic rings. The van der Waals surface area contributed by atoms with Gasteiger partial charge in [0.25, 0.3) is 11.7 Å². The van der Waals surface area contributed by atoms with Crippen LogP contribution in [0.1, 0.15) is 40.0 Å². The molecule has 37 heavy (non-hydrogen) atoms. The number of methoxy groups -OCH3 is 2. The molecule has 1 amide bonds. The minimum Gasteiger partial charge on any atom is -0.507 e. The molecule has 1 heterocycles. The number of amides is 1. The van der Waals surface area contributed by atoms with Crippen molar-refractivity contribution in [2.24, 2.45) is 0 Å². The molecule has 4 rings (SSSR count). The van der Waals surface area contributed by atoms with E-state index >= 15 is 0 Å². The number of hydrogen-bond acceptors (Lipinski definition) is 7. The largest absolute Gasteiger partial charge is 0.507 e. The fraction of sp³-hybridized carbons (Fsp3) is 0.207. The average Bonchev–Trinajstić information content (AvgIpc) is 3.18. The van der Waals surface area contributed by atoms with Crippen molar-refractivity contribution >= 4 is 29.1 Å². The first-order chi connectivity index (χ1) is 17.8. The molecule has 3 aromatic carbocycles. The number of ketones is 1. The van der Waals surface area contributed by atoms with Crippen LogP contribution in [0.4, 0.5) is 5.69 Å². The first-order valence-corrected chi connectivity index (χ1v) is 11.7. The third kappa shape index (κ3) is 4.65. The molecule has 1 aliphatic rings. The second-order valence-electron chi connectivity index (χ2n) is 8.36. The molecule has 0 spiro atoms. The quantitative estimate of drug-likeness (QED) is 0.214. The smallest absolute Gasteiger partial charge is 0.338 e. The van der Waals surface area contributed by atoms with E-state index in [0.29, 0.717) is 28.3 Å². The topological polar surface area (TPSA) is 102 Å². The van der Waals surface area contributed by atoms with Gasteiger partial charge in [-0.3, -0.25) is 14.5 Å². The molecule has 1 fully saturated rings. The van der Waals surface area contributed by atoms with Crippen LogP contribution in [-0.2, 0) is 14.3 Å². The Morgan fingerprint density at radius 2 is 1.68 bits per heavy atom. The summed E-state index contributed by atoms with van der Waals surface area (Å²) in [5.74, 6) is -1.76. The van der Waals surface area contributed by atoms with Crippen LogP contribution < -0.4 is 14.4 Å². The van der Waals surface area contributed by atoms with Gasteiger partial charge in [0.2, 0.25) is 0 Å². The maximum atomic E-state index is 13.5. The number of benzene rings is 3. The molecule has 1 N–H and O–H groups in total. The van der Waals surface area contributed by atoms with Gasteiger partial charge in [0.15, 0.2) is 0 Å². The molecular weight excluding hydrogens is 474 g/mol. The van der Waals surface area contributed by atoms with E-state index in [1.165, 1.54) is 31.3 Å². The monoisotopic (exact) mass is 501 g/mol. The highest BCUT2D eigenvalue weighted by Gasteiger charge is 2.47. The van der Waals surface area contributed by atoms with Crippen LogP contribution in [0.2, 0.25) is 0 Å². The van der Waals surface area contributed by atoms with E-state index in [1.54, 1.807) is 43.3 Å². The predicted molar refractivity (Wildman–Crippen MR) is 138 cm³/mol. The molecule has 0 bridgehead atoms. The van der Waals surface area contributed by atoms with E-state index in [4.69, 9.17) is 14.2 Å². The van der Waals surface area contributed by atoms with Crippen molar-refractivity contribution in [2.75, 3.05) is 25.7 Å². The van der Waals surface area contributed by atoms with Crippen LogP contribution >= 0.6 is 0 Å². The summed E-state index contributed by atoms with van der Waals surface area (Å²) in [4.78, 5) is 40.3. The van der Waals surface area contributed by atoms with Crippen molar-refractivity contribution in [2.45, 2.75) is 19.9 Å². The lowest BCUT2D eigenvalue weighted by Gasteiger charge is -2.27. The summed E-state index contributed by atoms with van der Waals surface area (Å²) in [6.07, 6.45) is 0. The zero-order valence-corrected chi connectivity index (χ0v) is 21.0. The van der Waals surface area contributed by atoms with Crippen LogP contribution in [0, 0.1) is 6.92 Å². The SMILES string of the molecule is CCOC(=O)c1ccc(N2C(=O)C(=O)/C(=C(/O)c3cc(OC)ccc3OC)C2c2ccccc2C)cc1. The van der Waals surface area contributed by atoms with Gasteiger partial charge in [0, 0.05) is 5.69 Å². The Balaban J connectivity index is 1.93.